The van der Waals surface area contributed by atoms with E-state index in [0.29, 0.717) is 31.2 Å². The first-order valence-electron chi connectivity index (χ1n) is 9.28. The average molecular weight is 503 g/mol. The number of benzene rings is 3. The van der Waals surface area contributed by atoms with Gasteiger partial charge in [0.05, 0.1) is 11.2 Å². The Labute approximate surface area is 202 Å². The van der Waals surface area contributed by atoms with Crippen LogP contribution in [0.25, 0.3) is 10.1 Å². The Balaban J connectivity index is 1.40. The van der Waals surface area contributed by atoms with Gasteiger partial charge in [-0.05, 0) is 54.1 Å². The molecule has 4 rings (SSSR count). The number of anilines is 1. The fourth-order valence-electron chi connectivity index (χ4n) is 2.86. The molecule has 9 heteroatoms. The minimum Gasteiger partial charge on any atom is -0.321 e. The van der Waals surface area contributed by atoms with Gasteiger partial charge in [-0.15, -0.1) is 11.3 Å². The molecule has 3 aromatic carbocycles. The highest BCUT2D eigenvalue weighted by atomic mass is 35.5. The molecule has 2 amide bonds. The van der Waals surface area contributed by atoms with Crippen LogP contribution < -0.4 is 10.7 Å². The molecule has 0 fully saturated rings. The molecule has 0 aliphatic carbocycles. The Kier molecular flexibility index (Phi) is 6.77. The number of nitrogens with zero attached hydrogens (tertiary/aromatic N) is 1. The second-order valence-electron chi connectivity index (χ2n) is 6.67. The predicted molar refractivity (Wildman–Crippen MR) is 133 cm³/mol. The third-order valence-corrected chi connectivity index (χ3v) is 6.60. The Morgan fingerprint density at radius 3 is 2.25 bits per heavy atom. The zero-order valence-electron chi connectivity index (χ0n) is 16.2. The molecule has 0 aliphatic rings. The van der Waals surface area contributed by atoms with E-state index in [0.717, 1.165) is 15.6 Å². The van der Waals surface area contributed by atoms with Crippen molar-refractivity contribution in [1.29, 1.82) is 0 Å². The van der Waals surface area contributed by atoms with Gasteiger partial charge in [-0.3, -0.25) is 9.59 Å². The van der Waals surface area contributed by atoms with Crippen molar-refractivity contribution in [1.82, 2.24) is 5.43 Å². The summed E-state index contributed by atoms with van der Waals surface area (Å²) >= 11 is 19.5. The van der Waals surface area contributed by atoms with Crippen LogP contribution in [0.3, 0.4) is 0 Å². The number of amides is 2. The standard InChI is InChI=1S/C23H14Cl3N3O2S/c24-15-5-1-13(2-6-15)12-27-29-22(30)14-3-8-17(9-4-14)28-23(31)21-20(26)18-10-7-16(25)11-19(18)32-21/h1-12H,(H,28,31)(H,29,30)/b27-12-. The molecule has 5 nitrogen and oxygen atoms in total. The molecule has 32 heavy (non-hydrogen) atoms. The van der Waals surface area contributed by atoms with Crippen molar-refractivity contribution in [2.45, 2.75) is 0 Å². The number of rotatable bonds is 5. The molecular weight excluding hydrogens is 489 g/mol. The molecule has 0 saturated heterocycles. The lowest BCUT2D eigenvalue weighted by atomic mass is 10.2. The fraction of sp³-hybridized carbons (Fsp3) is 0. The van der Waals surface area contributed by atoms with Gasteiger partial charge in [0.15, 0.2) is 0 Å². The Morgan fingerprint density at radius 2 is 1.53 bits per heavy atom. The maximum absolute atomic E-state index is 12.7. The van der Waals surface area contributed by atoms with Crippen molar-refractivity contribution in [3.63, 3.8) is 0 Å². The number of carbonyl (C=O) groups is 2. The van der Waals surface area contributed by atoms with Gasteiger partial charge in [-0.25, -0.2) is 5.43 Å². The van der Waals surface area contributed by atoms with Gasteiger partial charge < -0.3 is 5.32 Å². The van der Waals surface area contributed by atoms with Crippen LogP contribution >= 0.6 is 46.1 Å². The van der Waals surface area contributed by atoms with E-state index >= 15 is 0 Å². The topological polar surface area (TPSA) is 70.6 Å². The van der Waals surface area contributed by atoms with Crippen molar-refractivity contribution in [3.8, 4) is 0 Å². The molecule has 4 aromatic rings. The summed E-state index contributed by atoms with van der Waals surface area (Å²) in [6.07, 6.45) is 1.52. The number of hydrogen-bond donors (Lipinski definition) is 2. The number of thiophene rings is 1. The van der Waals surface area contributed by atoms with Crippen LogP contribution in [-0.2, 0) is 0 Å². The number of hydrogen-bond acceptors (Lipinski definition) is 4. The van der Waals surface area contributed by atoms with E-state index in [1.165, 1.54) is 17.6 Å². The lowest BCUT2D eigenvalue weighted by Gasteiger charge is -2.05. The number of hydrazone groups is 1. The van der Waals surface area contributed by atoms with Gasteiger partial charge in [0.1, 0.15) is 4.88 Å². The lowest BCUT2D eigenvalue weighted by molar-refractivity contribution is 0.0954. The Bertz CT molecular complexity index is 1330. The molecule has 0 bridgehead atoms. The highest BCUT2D eigenvalue weighted by Gasteiger charge is 2.17. The van der Waals surface area contributed by atoms with Crippen LogP contribution in [0.4, 0.5) is 5.69 Å². The van der Waals surface area contributed by atoms with E-state index in [1.807, 2.05) is 0 Å². The third-order valence-electron chi connectivity index (χ3n) is 4.45. The lowest BCUT2D eigenvalue weighted by Crippen LogP contribution is -2.17. The Hall–Kier alpha value is -2.90. The van der Waals surface area contributed by atoms with Gasteiger partial charge in [-0.2, -0.15) is 5.10 Å². The quantitative estimate of drug-likeness (QED) is 0.231. The monoisotopic (exact) mass is 501 g/mol. The Morgan fingerprint density at radius 1 is 0.844 bits per heavy atom. The largest absolute Gasteiger partial charge is 0.321 e. The van der Waals surface area contributed by atoms with E-state index in [4.69, 9.17) is 34.8 Å². The molecule has 0 unspecified atom stereocenters. The van der Waals surface area contributed by atoms with E-state index in [2.05, 4.69) is 15.8 Å². The number of nitrogens with one attached hydrogen (secondary N) is 2. The zero-order valence-corrected chi connectivity index (χ0v) is 19.3. The van der Waals surface area contributed by atoms with E-state index < -0.39 is 0 Å². The molecule has 2 N–H and O–H groups in total. The minimum atomic E-state index is -0.377. The molecule has 0 spiro atoms. The second kappa shape index (κ2) is 9.71. The smallest absolute Gasteiger partial charge is 0.271 e. The maximum Gasteiger partial charge on any atom is 0.271 e. The van der Waals surface area contributed by atoms with Crippen LogP contribution in [0.5, 0.6) is 0 Å². The molecule has 1 heterocycles. The van der Waals surface area contributed by atoms with Gasteiger partial charge >= 0.3 is 0 Å². The fourth-order valence-corrected chi connectivity index (χ4v) is 4.67. The van der Waals surface area contributed by atoms with Crippen molar-refractivity contribution < 1.29 is 9.59 Å². The zero-order chi connectivity index (χ0) is 22.7. The van der Waals surface area contributed by atoms with Crippen molar-refractivity contribution in [2.24, 2.45) is 5.10 Å². The van der Waals surface area contributed by atoms with Gasteiger partial charge in [0.2, 0.25) is 0 Å². The van der Waals surface area contributed by atoms with E-state index in [1.54, 1.807) is 66.7 Å². The van der Waals surface area contributed by atoms with E-state index in [9.17, 15) is 9.59 Å². The van der Waals surface area contributed by atoms with Crippen LogP contribution in [-0.4, -0.2) is 18.0 Å². The highest BCUT2D eigenvalue weighted by molar-refractivity contribution is 7.21. The first kappa shape index (κ1) is 22.3. The molecule has 0 radical (unpaired) electrons. The number of fused-ring (bicyclic) bond motifs is 1. The maximum atomic E-state index is 12.7. The molecule has 0 saturated carbocycles. The van der Waals surface area contributed by atoms with Crippen LogP contribution in [0.1, 0.15) is 25.6 Å². The normalized spacial score (nSPS) is 11.1. The second-order valence-corrected chi connectivity index (χ2v) is 8.97. The summed E-state index contributed by atoms with van der Waals surface area (Å²) in [7, 11) is 0. The molecule has 0 aliphatic heterocycles. The number of halogens is 3. The summed E-state index contributed by atoms with van der Waals surface area (Å²) < 4.78 is 0.832. The third kappa shape index (κ3) is 5.11. The van der Waals surface area contributed by atoms with Gasteiger partial charge in [0, 0.05) is 31.4 Å². The SMILES string of the molecule is O=C(N/N=C\c1ccc(Cl)cc1)c1ccc(NC(=O)c2sc3cc(Cl)ccc3c2Cl)cc1. The summed E-state index contributed by atoms with van der Waals surface area (Å²) in [6, 6.07) is 18.8. The molecular formula is C23H14Cl3N3O2S. The first-order valence-corrected chi connectivity index (χ1v) is 11.2. The van der Waals surface area contributed by atoms with Crippen molar-refractivity contribution in [3.05, 3.63) is 97.8 Å². The van der Waals surface area contributed by atoms with Crippen LogP contribution in [0.2, 0.25) is 15.1 Å². The van der Waals surface area contributed by atoms with Crippen LogP contribution in [0, 0.1) is 0 Å². The minimum absolute atomic E-state index is 0.336. The highest BCUT2D eigenvalue weighted by Crippen LogP contribution is 2.37. The van der Waals surface area contributed by atoms with Crippen LogP contribution in [0.15, 0.2) is 71.8 Å². The first-order chi connectivity index (χ1) is 15.4. The summed E-state index contributed by atoms with van der Waals surface area (Å²) in [5.74, 6) is -0.713. The average Bonchev–Trinajstić information content (AvgIpc) is 3.11. The summed E-state index contributed by atoms with van der Waals surface area (Å²) in [5, 5.41) is 9.09. The molecule has 160 valence electrons. The number of carbonyl (C=O) groups excluding carboxylic acids is 2. The summed E-state index contributed by atoms with van der Waals surface area (Å²) in [6.45, 7) is 0. The van der Waals surface area contributed by atoms with Crippen molar-refractivity contribution >= 4 is 79.9 Å². The molecule has 1 aromatic heterocycles. The molecule has 0 atom stereocenters. The van der Waals surface area contributed by atoms with Crippen molar-refractivity contribution in [2.75, 3.05) is 5.32 Å². The summed E-state index contributed by atoms with van der Waals surface area (Å²) in [4.78, 5) is 25.3. The predicted octanol–water partition coefficient (Wildman–Crippen LogP) is 6.88. The summed E-state index contributed by atoms with van der Waals surface area (Å²) in [5.41, 5.74) is 4.18. The van der Waals surface area contributed by atoms with Gasteiger partial charge in [0.25, 0.3) is 11.8 Å². The van der Waals surface area contributed by atoms with E-state index in [-0.39, 0.29) is 11.8 Å². The van der Waals surface area contributed by atoms with Gasteiger partial charge in [-0.1, -0.05) is 53.0 Å².